The molecule has 0 aliphatic heterocycles. The van der Waals surface area contributed by atoms with Crippen molar-refractivity contribution in [2.24, 2.45) is 0 Å². The molecule has 0 amide bonds. The van der Waals surface area contributed by atoms with Gasteiger partial charge in [0.25, 0.3) is 0 Å². The van der Waals surface area contributed by atoms with E-state index >= 15 is 0 Å². The molecule has 0 saturated heterocycles. The monoisotopic (exact) mass is 419 g/mol. The van der Waals surface area contributed by atoms with E-state index in [4.69, 9.17) is 30.6 Å². The summed E-state index contributed by atoms with van der Waals surface area (Å²) in [5.74, 6) is 0. The quantitative estimate of drug-likeness (QED) is 0.483. The Hall–Kier alpha value is -0.952. The van der Waals surface area contributed by atoms with Crippen LogP contribution in [0.1, 0.15) is 27.7 Å². The van der Waals surface area contributed by atoms with Crippen LogP contribution < -0.4 is 0 Å². The van der Waals surface area contributed by atoms with Gasteiger partial charge < -0.3 is 30.6 Å². The number of hydrogen-bond acceptors (Lipinski definition) is 7. The summed E-state index contributed by atoms with van der Waals surface area (Å²) >= 11 is 2.34. The van der Waals surface area contributed by atoms with E-state index in [2.05, 4.69) is 51.2 Å². The fourth-order valence-corrected chi connectivity index (χ4v) is 0.596. The Morgan fingerprint density at radius 3 is 1.00 bits per heavy atom. The molecule has 10 heteroatoms. The van der Waals surface area contributed by atoms with E-state index in [0.29, 0.717) is 12.1 Å². The normalized spacial score (nSPS) is 9.00. The molecule has 0 atom stereocenters. The molecule has 9 nitrogen and oxygen atoms in total. The molecule has 16 heavy (non-hydrogen) atoms. The van der Waals surface area contributed by atoms with E-state index in [1.54, 1.807) is 0 Å². The van der Waals surface area contributed by atoms with Gasteiger partial charge in [0.1, 0.15) is 0 Å². The zero-order valence-corrected chi connectivity index (χ0v) is 11.5. The Morgan fingerprint density at radius 1 is 0.875 bits per heavy atom. The molecule has 0 saturated carbocycles. The predicted molar refractivity (Wildman–Crippen MR) is 52.8 cm³/mol. The van der Waals surface area contributed by atoms with Gasteiger partial charge in [0, 0.05) is 0 Å². The molecular formula is C6H14N3O6Pt. The summed E-state index contributed by atoms with van der Waals surface area (Å²) in [7, 11) is 0. The Morgan fingerprint density at radius 2 is 1.00 bits per heavy atom. The van der Waals surface area contributed by atoms with Crippen molar-refractivity contribution < 1.29 is 30.2 Å². The summed E-state index contributed by atoms with van der Waals surface area (Å²) in [6.45, 7) is 8.81. The van der Waals surface area contributed by atoms with Gasteiger partial charge in [0.2, 0.25) is 0 Å². The Balaban J connectivity index is -0.000000179. The first-order valence-corrected chi connectivity index (χ1v) is 5.08. The van der Waals surface area contributed by atoms with Crippen LogP contribution in [0.5, 0.6) is 0 Å². The van der Waals surface area contributed by atoms with E-state index in [1.165, 1.54) is 0 Å². The first kappa shape index (κ1) is 20.5. The Kier molecular flexibility index (Phi) is 15.5. The zero-order valence-electron chi connectivity index (χ0n) is 9.26. The molecule has 0 heterocycles. The Labute approximate surface area is 104 Å². The molecule has 0 aromatic heterocycles. The van der Waals surface area contributed by atoms with Crippen molar-refractivity contribution in [3.05, 3.63) is 30.6 Å². The first-order valence-electron chi connectivity index (χ1n) is 4.06. The molecule has 0 rings (SSSR count). The van der Waals surface area contributed by atoms with E-state index in [0.717, 1.165) is 0 Å². The summed E-state index contributed by atoms with van der Waals surface area (Å²) in [6.07, 6.45) is 0. The number of nitrogens with zero attached hydrogens (tertiary/aromatic N) is 3. The Bertz CT molecular complexity index is 173. The van der Waals surface area contributed by atoms with Crippen molar-refractivity contribution >= 4 is 0 Å². The van der Waals surface area contributed by atoms with Gasteiger partial charge in [-0.1, -0.05) is 0 Å². The van der Waals surface area contributed by atoms with Crippen LogP contribution in [0.4, 0.5) is 0 Å². The van der Waals surface area contributed by atoms with Crippen LogP contribution in [0.25, 0.3) is 0 Å². The molecule has 0 spiro atoms. The summed E-state index contributed by atoms with van der Waals surface area (Å²) in [5.41, 5.74) is 0. The largest absolute Gasteiger partial charge is 0.356 e. The van der Waals surface area contributed by atoms with Crippen LogP contribution in [0.3, 0.4) is 0 Å². The second-order valence-corrected chi connectivity index (χ2v) is 4.12. The van der Waals surface area contributed by atoms with Crippen molar-refractivity contribution in [2.45, 2.75) is 39.8 Å². The fourth-order valence-electron chi connectivity index (χ4n) is 0.596. The third-order valence-electron chi connectivity index (χ3n) is 0.923. The minimum atomic E-state index is -1.75. The van der Waals surface area contributed by atoms with E-state index in [9.17, 15) is 0 Å². The van der Waals surface area contributed by atoms with Crippen LogP contribution >= 0.6 is 0 Å². The molecule has 0 aromatic carbocycles. The van der Waals surface area contributed by atoms with Gasteiger partial charge >= 0.3 is 63.3 Å². The van der Waals surface area contributed by atoms with Crippen LogP contribution in [0.15, 0.2) is 0 Å². The van der Waals surface area contributed by atoms with Crippen LogP contribution in [0.2, 0.25) is 0 Å². The molecule has 0 radical (unpaired) electrons. The van der Waals surface area contributed by atoms with Crippen LogP contribution in [-0.2, 0) is 20.1 Å². The van der Waals surface area contributed by atoms with Crippen molar-refractivity contribution in [3.8, 4) is 0 Å². The van der Waals surface area contributed by atoms with Gasteiger partial charge in [0.15, 0.2) is 0 Å². The van der Waals surface area contributed by atoms with Gasteiger partial charge in [-0.25, -0.2) is 0 Å². The van der Waals surface area contributed by atoms with Crippen LogP contribution in [-0.4, -0.2) is 25.7 Å². The molecule has 0 bridgehead atoms. The third-order valence-corrected chi connectivity index (χ3v) is 3.27. The first-order chi connectivity index (χ1) is 7.02. The summed E-state index contributed by atoms with van der Waals surface area (Å²) in [6, 6.07) is 1.33. The molecule has 0 aliphatic carbocycles. The van der Waals surface area contributed by atoms with Gasteiger partial charge in [-0.2, -0.15) is 0 Å². The maximum atomic E-state index is 8.25. The summed E-state index contributed by atoms with van der Waals surface area (Å²) in [4.78, 5) is 16.5. The van der Waals surface area contributed by atoms with Crippen molar-refractivity contribution in [3.63, 3.8) is 0 Å². The minimum absolute atomic E-state index is 0.664. The topological polar surface area (TPSA) is 136 Å². The SMILES string of the molecule is CC(C)[N]([Pt+2])C(C)C.O=[N+]([O-])[O-].O=[N+]([O-])[O-]. The number of hydrogen-bond donors (Lipinski definition) is 0. The maximum absolute atomic E-state index is 8.25. The number of rotatable bonds is 2. The van der Waals surface area contributed by atoms with Gasteiger partial charge in [-0.15, -0.1) is 0 Å². The van der Waals surface area contributed by atoms with Gasteiger partial charge in [0.05, 0.1) is 10.2 Å². The average molecular weight is 419 g/mol. The fraction of sp³-hybridized carbons (Fsp3) is 1.00. The molecule has 0 aromatic rings. The van der Waals surface area contributed by atoms with Gasteiger partial charge in [-0.3, -0.25) is 0 Å². The van der Waals surface area contributed by atoms with E-state index < -0.39 is 10.2 Å². The third kappa shape index (κ3) is 38.1. The zero-order chi connectivity index (χ0) is 13.9. The van der Waals surface area contributed by atoms with E-state index in [1.807, 2.05) is 0 Å². The van der Waals surface area contributed by atoms with Crippen molar-refractivity contribution in [1.29, 1.82) is 0 Å². The predicted octanol–water partition coefficient (Wildman–Crippen LogP) is 1.09. The molecule has 0 unspecified atom stereocenters. The molecular weight excluding hydrogens is 405 g/mol. The maximum Gasteiger partial charge on any atom is 0.0689 e. The molecule has 99 valence electrons. The summed E-state index contributed by atoms with van der Waals surface area (Å²) in [5, 5.41) is 29.5. The second-order valence-electron chi connectivity index (χ2n) is 2.95. The van der Waals surface area contributed by atoms with E-state index in [-0.39, 0.29) is 0 Å². The van der Waals surface area contributed by atoms with Crippen LogP contribution in [0, 0.1) is 30.6 Å². The average Bonchev–Trinajstić information content (AvgIpc) is 2.00. The summed E-state index contributed by atoms with van der Waals surface area (Å²) < 4.78 is 2.31. The van der Waals surface area contributed by atoms with Crippen molar-refractivity contribution in [1.82, 2.24) is 3.46 Å². The molecule has 0 aliphatic rings. The van der Waals surface area contributed by atoms with Gasteiger partial charge in [-0.05, 0) is 0 Å². The van der Waals surface area contributed by atoms with Crippen molar-refractivity contribution in [2.75, 3.05) is 0 Å². The second kappa shape index (κ2) is 12.1. The minimum Gasteiger partial charge on any atom is -0.356 e. The molecule has 0 N–H and O–H groups in total. The standard InChI is InChI=1S/C6H14N.2NO3.Pt/c1-5(2)7-6(3)4;2*2-1(3)4;/h5-6H,1-4H3;;;/q3*-1;+3. The molecule has 0 fully saturated rings. The smallest absolute Gasteiger partial charge is 0.0689 e.